The average molecular weight is 262 g/mol. The van der Waals surface area contributed by atoms with Gasteiger partial charge in [-0.25, -0.2) is 9.97 Å². The van der Waals surface area contributed by atoms with Crippen molar-refractivity contribution in [2.45, 2.75) is 19.8 Å². The summed E-state index contributed by atoms with van der Waals surface area (Å²) in [5, 5.41) is 4.31. The van der Waals surface area contributed by atoms with Gasteiger partial charge in [-0.2, -0.15) is 0 Å². The Balaban J connectivity index is 2.09. The Bertz CT molecular complexity index is 574. The summed E-state index contributed by atoms with van der Waals surface area (Å²) in [7, 11) is 4.10. The van der Waals surface area contributed by atoms with Gasteiger partial charge in [-0.3, -0.25) is 0 Å². The maximum absolute atomic E-state index is 4.64. The van der Waals surface area contributed by atoms with E-state index in [1.165, 1.54) is 18.5 Å². The largest absolute Gasteiger partial charge is 0.385 e. The topological polar surface area (TPSA) is 41.1 Å². The van der Waals surface area contributed by atoms with Crippen molar-refractivity contribution in [2.24, 2.45) is 5.92 Å². The number of anilines is 2. The molecule has 0 atom stereocenters. The quantitative estimate of drug-likeness (QED) is 0.920. The van der Waals surface area contributed by atoms with Gasteiger partial charge in [0.1, 0.15) is 10.3 Å². The second kappa shape index (κ2) is 4.39. The van der Waals surface area contributed by atoms with E-state index in [2.05, 4.69) is 27.2 Å². The number of hydrogen-bond acceptors (Lipinski definition) is 5. The highest BCUT2D eigenvalue weighted by Gasteiger charge is 2.25. The lowest BCUT2D eigenvalue weighted by Gasteiger charge is -2.22. The minimum Gasteiger partial charge on any atom is -0.385 e. The molecule has 0 saturated heterocycles. The van der Waals surface area contributed by atoms with E-state index in [1.807, 2.05) is 20.2 Å². The molecule has 0 radical (unpaired) electrons. The molecule has 2 aromatic heterocycles. The van der Waals surface area contributed by atoms with E-state index in [0.29, 0.717) is 0 Å². The van der Waals surface area contributed by atoms with Gasteiger partial charge in [-0.05, 0) is 25.7 Å². The number of hydrogen-bond donors (Lipinski definition) is 1. The molecule has 0 spiro atoms. The molecule has 1 saturated carbocycles. The molecule has 3 rings (SSSR count). The van der Waals surface area contributed by atoms with E-state index in [1.54, 1.807) is 11.3 Å². The maximum Gasteiger partial charge on any atom is 0.145 e. The van der Waals surface area contributed by atoms with Crippen molar-refractivity contribution < 1.29 is 0 Å². The smallest absolute Gasteiger partial charge is 0.145 e. The van der Waals surface area contributed by atoms with Crippen LogP contribution in [0.2, 0.25) is 0 Å². The first-order valence-electron chi connectivity index (χ1n) is 6.34. The van der Waals surface area contributed by atoms with Gasteiger partial charge >= 0.3 is 0 Å². The van der Waals surface area contributed by atoms with Crippen LogP contribution in [0.1, 0.15) is 17.8 Å². The minimum atomic E-state index is 0.864. The fourth-order valence-electron chi connectivity index (χ4n) is 2.32. The third-order valence-electron chi connectivity index (χ3n) is 3.39. The fourth-order valence-corrected chi connectivity index (χ4v) is 3.08. The second-order valence-corrected chi connectivity index (χ2v) is 6.16. The van der Waals surface area contributed by atoms with Gasteiger partial charge < -0.3 is 10.2 Å². The monoisotopic (exact) mass is 262 g/mol. The van der Waals surface area contributed by atoms with Crippen LogP contribution in [0.25, 0.3) is 10.3 Å². The summed E-state index contributed by atoms with van der Waals surface area (Å²) >= 11 is 1.66. The molecule has 2 aromatic rings. The van der Waals surface area contributed by atoms with Gasteiger partial charge in [0.2, 0.25) is 0 Å². The van der Waals surface area contributed by atoms with Crippen molar-refractivity contribution in [1.82, 2.24) is 9.97 Å². The molecular formula is C13H18N4S. The predicted molar refractivity (Wildman–Crippen MR) is 77.7 cm³/mol. The number of thiazole rings is 1. The van der Waals surface area contributed by atoms with Crippen molar-refractivity contribution in [2.75, 3.05) is 30.9 Å². The fraction of sp³-hybridized carbons (Fsp3) is 0.538. The number of aromatic nitrogens is 2. The van der Waals surface area contributed by atoms with E-state index in [0.717, 1.165) is 33.5 Å². The molecule has 0 amide bonds. The Kier molecular flexibility index (Phi) is 2.86. The zero-order chi connectivity index (χ0) is 12.7. The lowest BCUT2D eigenvalue weighted by Crippen LogP contribution is -2.21. The molecule has 1 aliphatic carbocycles. The molecule has 4 nitrogen and oxygen atoms in total. The molecular weight excluding hydrogens is 244 g/mol. The lowest BCUT2D eigenvalue weighted by molar-refractivity contribution is 0.789. The molecule has 18 heavy (non-hydrogen) atoms. The number of fused-ring (bicyclic) bond motifs is 1. The molecule has 0 aliphatic heterocycles. The number of nitrogens with one attached hydrogen (secondary N) is 1. The number of rotatable bonds is 4. The van der Waals surface area contributed by atoms with Crippen molar-refractivity contribution in [3.8, 4) is 0 Å². The SMILES string of the molecule is CNc1cnc2sc(C)nc2c1N(C)CC1CC1. The van der Waals surface area contributed by atoms with Crippen molar-refractivity contribution in [3.05, 3.63) is 11.2 Å². The Morgan fingerprint density at radius 1 is 1.50 bits per heavy atom. The zero-order valence-corrected chi connectivity index (χ0v) is 11.8. The van der Waals surface area contributed by atoms with Gasteiger partial charge in [-0.1, -0.05) is 11.3 Å². The van der Waals surface area contributed by atoms with E-state index in [9.17, 15) is 0 Å². The summed E-state index contributed by atoms with van der Waals surface area (Å²) < 4.78 is 0. The van der Waals surface area contributed by atoms with E-state index >= 15 is 0 Å². The Hall–Kier alpha value is -1.36. The molecule has 0 bridgehead atoms. The van der Waals surface area contributed by atoms with Crippen LogP contribution in [0.15, 0.2) is 6.20 Å². The normalized spacial score (nSPS) is 15.1. The molecule has 1 fully saturated rings. The third-order valence-corrected chi connectivity index (χ3v) is 4.27. The summed E-state index contributed by atoms with van der Waals surface area (Å²) in [6.45, 7) is 3.15. The van der Waals surface area contributed by atoms with Crippen molar-refractivity contribution in [3.63, 3.8) is 0 Å². The second-order valence-electron chi connectivity index (χ2n) is 4.98. The van der Waals surface area contributed by atoms with Crippen LogP contribution < -0.4 is 10.2 Å². The molecule has 1 aliphatic rings. The highest BCUT2D eigenvalue weighted by molar-refractivity contribution is 7.18. The molecule has 0 unspecified atom stereocenters. The Morgan fingerprint density at radius 3 is 2.94 bits per heavy atom. The minimum absolute atomic E-state index is 0.864. The molecule has 0 aromatic carbocycles. The Labute approximate surface area is 111 Å². The number of aryl methyl sites for hydroxylation is 1. The van der Waals surface area contributed by atoms with E-state index in [4.69, 9.17) is 0 Å². The first-order valence-corrected chi connectivity index (χ1v) is 7.15. The number of nitrogens with zero attached hydrogens (tertiary/aromatic N) is 3. The first kappa shape index (κ1) is 11.7. The van der Waals surface area contributed by atoms with Crippen molar-refractivity contribution >= 4 is 33.1 Å². The van der Waals surface area contributed by atoms with Crippen LogP contribution in [0, 0.1) is 12.8 Å². The summed E-state index contributed by atoms with van der Waals surface area (Å²) in [6.07, 6.45) is 4.64. The zero-order valence-electron chi connectivity index (χ0n) is 11.0. The molecule has 1 N–H and O–H groups in total. The van der Waals surface area contributed by atoms with Crippen LogP contribution in [0.4, 0.5) is 11.4 Å². The standard InChI is InChI=1S/C13H18N4S/c1-8-16-11-12(17(3)7-9-4-5-9)10(14-2)6-15-13(11)18-8/h6,9,14H,4-5,7H2,1-3H3. The summed E-state index contributed by atoms with van der Waals surface area (Å²) in [4.78, 5) is 12.5. The molecule has 96 valence electrons. The van der Waals surface area contributed by atoms with Gasteiger partial charge in [0.15, 0.2) is 0 Å². The van der Waals surface area contributed by atoms with Crippen LogP contribution in [0.5, 0.6) is 0 Å². The van der Waals surface area contributed by atoms with Gasteiger partial charge in [0.05, 0.1) is 22.6 Å². The summed E-state index contributed by atoms with van der Waals surface area (Å²) in [5.74, 6) is 0.864. The summed E-state index contributed by atoms with van der Waals surface area (Å²) in [6, 6.07) is 0. The van der Waals surface area contributed by atoms with Crippen LogP contribution in [-0.4, -0.2) is 30.6 Å². The highest BCUT2D eigenvalue weighted by atomic mass is 32.1. The maximum atomic E-state index is 4.64. The van der Waals surface area contributed by atoms with Gasteiger partial charge in [-0.15, -0.1) is 0 Å². The van der Waals surface area contributed by atoms with Crippen LogP contribution in [-0.2, 0) is 0 Å². The third kappa shape index (κ3) is 2.03. The van der Waals surface area contributed by atoms with Gasteiger partial charge in [0.25, 0.3) is 0 Å². The lowest BCUT2D eigenvalue weighted by atomic mass is 10.2. The molecule has 5 heteroatoms. The van der Waals surface area contributed by atoms with Crippen molar-refractivity contribution in [1.29, 1.82) is 0 Å². The van der Waals surface area contributed by atoms with Crippen LogP contribution in [0.3, 0.4) is 0 Å². The molecule has 2 heterocycles. The van der Waals surface area contributed by atoms with Gasteiger partial charge in [0, 0.05) is 20.6 Å². The predicted octanol–water partition coefficient (Wildman–Crippen LogP) is 2.89. The summed E-state index contributed by atoms with van der Waals surface area (Å²) in [5.41, 5.74) is 3.29. The highest BCUT2D eigenvalue weighted by Crippen LogP contribution is 2.37. The number of pyridine rings is 1. The van der Waals surface area contributed by atoms with Crippen LogP contribution >= 0.6 is 11.3 Å². The first-order chi connectivity index (χ1) is 8.69. The Morgan fingerprint density at radius 2 is 2.28 bits per heavy atom. The average Bonchev–Trinajstić information content (AvgIpc) is 3.06. The van der Waals surface area contributed by atoms with E-state index < -0.39 is 0 Å². The van der Waals surface area contributed by atoms with E-state index in [-0.39, 0.29) is 0 Å².